The van der Waals surface area contributed by atoms with E-state index in [0.29, 0.717) is 6.04 Å². The topological polar surface area (TPSA) is 15.3 Å². The van der Waals surface area contributed by atoms with Crippen molar-refractivity contribution in [2.45, 2.75) is 38.8 Å². The number of rotatable bonds is 6. The summed E-state index contributed by atoms with van der Waals surface area (Å²) in [5, 5.41) is 3.70. The van der Waals surface area contributed by atoms with Crippen molar-refractivity contribution in [3.05, 3.63) is 35.9 Å². The minimum atomic E-state index is 0.240. The summed E-state index contributed by atoms with van der Waals surface area (Å²) in [4.78, 5) is 2.69. The van der Waals surface area contributed by atoms with Gasteiger partial charge in [-0.2, -0.15) is 11.8 Å². The molecule has 112 valence electrons. The number of thioether (sulfide) groups is 1. The van der Waals surface area contributed by atoms with E-state index >= 15 is 0 Å². The number of nitrogens with zero attached hydrogens (tertiary/aromatic N) is 1. The minimum absolute atomic E-state index is 0.240. The van der Waals surface area contributed by atoms with Gasteiger partial charge in [0.1, 0.15) is 0 Å². The average molecular weight is 292 g/mol. The van der Waals surface area contributed by atoms with E-state index in [1.807, 2.05) is 11.8 Å². The predicted octanol–water partition coefficient (Wildman–Crippen LogP) is 3.03. The molecule has 0 saturated carbocycles. The number of hydrogen-bond donors (Lipinski definition) is 1. The Hall–Kier alpha value is -0.510. The lowest BCUT2D eigenvalue weighted by Crippen LogP contribution is -2.62. The lowest BCUT2D eigenvalue weighted by atomic mass is 9.95. The highest BCUT2D eigenvalue weighted by atomic mass is 32.2. The molecule has 0 aromatic heterocycles. The summed E-state index contributed by atoms with van der Waals surface area (Å²) in [6.07, 6.45) is 1.15. The first kappa shape index (κ1) is 15.9. The van der Waals surface area contributed by atoms with Gasteiger partial charge in [-0.25, -0.2) is 0 Å². The molecule has 0 amide bonds. The molecule has 0 bridgehead atoms. The Morgan fingerprint density at radius 3 is 2.75 bits per heavy atom. The van der Waals surface area contributed by atoms with E-state index in [1.165, 1.54) is 23.6 Å². The van der Waals surface area contributed by atoms with E-state index in [9.17, 15) is 0 Å². The van der Waals surface area contributed by atoms with Crippen molar-refractivity contribution in [2.24, 2.45) is 0 Å². The predicted molar refractivity (Wildman–Crippen MR) is 90.6 cm³/mol. The second-order valence-corrected chi connectivity index (χ2v) is 7.67. The second kappa shape index (κ2) is 7.48. The van der Waals surface area contributed by atoms with Crippen LogP contribution in [0.5, 0.6) is 0 Å². The quantitative estimate of drug-likeness (QED) is 0.811. The molecule has 0 radical (unpaired) electrons. The first-order valence-corrected chi connectivity index (χ1v) is 8.87. The molecule has 1 aromatic rings. The molecular weight excluding hydrogens is 264 g/mol. The zero-order chi connectivity index (χ0) is 14.4. The Bertz CT molecular complexity index is 391. The van der Waals surface area contributed by atoms with Crippen LogP contribution in [-0.4, -0.2) is 47.6 Å². The van der Waals surface area contributed by atoms with Crippen molar-refractivity contribution in [1.82, 2.24) is 10.2 Å². The van der Waals surface area contributed by atoms with Crippen molar-refractivity contribution in [3.63, 3.8) is 0 Å². The molecule has 1 aromatic carbocycles. The second-order valence-electron chi connectivity index (χ2n) is 6.28. The average Bonchev–Trinajstić information content (AvgIpc) is 2.43. The van der Waals surface area contributed by atoms with Crippen LogP contribution in [-0.2, 0) is 6.42 Å². The molecule has 2 nitrogen and oxygen atoms in total. The van der Waals surface area contributed by atoms with E-state index in [4.69, 9.17) is 0 Å². The molecule has 3 heteroatoms. The van der Waals surface area contributed by atoms with Gasteiger partial charge in [-0.3, -0.25) is 4.90 Å². The smallest absolute Gasteiger partial charge is 0.0262 e. The molecule has 1 unspecified atom stereocenters. The third-order valence-electron chi connectivity index (χ3n) is 3.97. The van der Waals surface area contributed by atoms with Gasteiger partial charge in [0.05, 0.1) is 0 Å². The Balaban J connectivity index is 1.97. The van der Waals surface area contributed by atoms with Crippen molar-refractivity contribution >= 4 is 11.8 Å². The van der Waals surface area contributed by atoms with Crippen molar-refractivity contribution in [1.29, 1.82) is 0 Å². The highest BCUT2D eigenvalue weighted by Gasteiger charge is 2.31. The molecule has 20 heavy (non-hydrogen) atoms. The molecule has 0 spiro atoms. The zero-order valence-electron chi connectivity index (χ0n) is 13.1. The summed E-state index contributed by atoms with van der Waals surface area (Å²) in [5.41, 5.74) is 1.69. The van der Waals surface area contributed by atoms with E-state index in [2.05, 4.69) is 61.3 Å². The standard InChI is InChI=1S/C17H28N2S/c1-4-20-11-10-19-14-17(2,3)18-13-16(19)12-15-8-6-5-7-9-15/h5-9,16,18H,4,10-14H2,1-3H3. The third kappa shape index (κ3) is 4.80. The van der Waals surface area contributed by atoms with Crippen LogP contribution in [0.15, 0.2) is 30.3 Å². The summed E-state index contributed by atoms with van der Waals surface area (Å²) >= 11 is 2.05. The lowest BCUT2D eigenvalue weighted by molar-refractivity contribution is 0.102. The van der Waals surface area contributed by atoms with Gasteiger partial charge < -0.3 is 5.32 Å². The van der Waals surface area contributed by atoms with Crippen LogP contribution in [0.4, 0.5) is 0 Å². The lowest BCUT2D eigenvalue weighted by Gasteiger charge is -2.45. The first-order chi connectivity index (χ1) is 9.61. The summed E-state index contributed by atoms with van der Waals surface area (Å²) in [5.74, 6) is 2.47. The van der Waals surface area contributed by atoms with Crippen molar-refractivity contribution in [3.8, 4) is 0 Å². The van der Waals surface area contributed by atoms with Crippen LogP contribution < -0.4 is 5.32 Å². The van der Waals surface area contributed by atoms with Gasteiger partial charge in [-0.05, 0) is 31.6 Å². The van der Waals surface area contributed by atoms with Gasteiger partial charge in [0.25, 0.3) is 0 Å². The summed E-state index contributed by atoms with van der Waals surface area (Å²) in [6, 6.07) is 11.5. The zero-order valence-corrected chi connectivity index (χ0v) is 13.9. The number of hydrogen-bond acceptors (Lipinski definition) is 3. The van der Waals surface area contributed by atoms with Crippen LogP contribution in [0.2, 0.25) is 0 Å². The fraction of sp³-hybridized carbons (Fsp3) is 0.647. The molecule has 1 saturated heterocycles. The summed E-state index contributed by atoms with van der Waals surface area (Å²) in [6.45, 7) is 10.3. The Morgan fingerprint density at radius 1 is 1.30 bits per heavy atom. The molecule has 2 rings (SSSR count). The normalized spacial score (nSPS) is 22.9. The van der Waals surface area contributed by atoms with E-state index < -0.39 is 0 Å². The van der Waals surface area contributed by atoms with Gasteiger partial charge in [0.2, 0.25) is 0 Å². The Kier molecular flexibility index (Phi) is 5.94. The summed E-state index contributed by atoms with van der Waals surface area (Å²) < 4.78 is 0. The molecule has 1 fully saturated rings. The first-order valence-electron chi connectivity index (χ1n) is 7.71. The van der Waals surface area contributed by atoms with Crippen LogP contribution >= 0.6 is 11.8 Å². The molecule has 0 aliphatic carbocycles. The fourth-order valence-corrected chi connectivity index (χ4v) is 3.54. The van der Waals surface area contributed by atoms with E-state index in [-0.39, 0.29) is 5.54 Å². The van der Waals surface area contributed by atoms with Crippen molar-refractivity contribution in [2.75, 3.05) is 31.1 Å². The molecule has 1 N–H and O–H groups in total. The molecular formula is C17H28N2S. The van der Waals surface area contributed by atoms with Gasteiger partial charge in [-0.1, -0.05) is 37.3 Å². The number of nitrogens with one attached hydrogen (secondary N) is 1. The highest BCUT2D eigenvalue weighted by molar-refractivity contribution is 7.99. The summed E-state index contributed by atoms with van der Waals surface area (Å²) in [7, 11) is 0. The van der Waals surface area contributed by atoms with Gasteiger partial charge in [-0.15, -0.1) is 0 Å². The maximum atomic E-state index is 3.70. The van der Waals surface area contributed by atoms with E-state index in [1.54, 1.807) is 0 Å². The third-order valence-corrected chi connectivity index (χ3v) is 4.85. The van der Waals surface area contributed by atoms with Crippen LogP contribution in [0.3, 0.4) is 0 Å². The number of piperazine rings is 1. The molecule has 1 aliphatic rings. The highest BCUT2D eigenvalue weighted by Crippen LogP contribution is 2.19. The van der Waals surface area contributed by atoms with Gasteiger partial charge in [0.15, 0.2) is 0 Å². The van der Waals surface area contributed by atoms with Crippen LogP contribution in [0.1, 0.15) is 26.3 Å². The minimum Gasteiger partial charge on any atom is -0.309 e. The SMILES string of the molecule is CCSCCN1CC(C)(C)NCC1Cc1ccccc1. The number of benzene rings is 1. The van der Waals surface area contributed by atoms with Crippen LogP contribution in [0, 0.1) is 0 Å². The van der Waals surface area contributed by atoms with Crippen molar-refractivity contribution < 1.29 is 0 Å². The largest absolute Gasteiger partial charge is 0.309 e. The monoisotopic (exact) mass is 292 g/mol. The molecule has 1 aliphatic heterocycles. The van der Waals surface area contributed by atoms with Gasteiger partial charge >= 0.3 is 0 Å². The molecule has 1 atom stereocenters. The maximum Gasteiger partial charge on any atom is 0.0262 e. The fourth-order valence-electron chi connectivity index (χ4n) is 2.89. The maximum absolute atomic E-state index is 3.70. The molecule has 1 heterocycles. The Labute approximate surface area is 128 Å². The van der Waals surface area contributed by atoms with E-state index in [0.717, 1.165) is 19.5 Å². The Morgan fingerprint density at radius 2 is 2.05 bits per heavy atom. The van der Waals surface area contributed by atoms with Gasteiger partial charge in [0, 0.05) is 37.0 Å². The van der Waals surface area contributed by atoms with Crippen LogP contribution in [0.25, 0.3) is 0 Å².